The zero-order chi connectivity index (χ0) is 19.8. The summed E-state index contributed by atoms with van der Waals surface area (Å²) in [5, 5.41) is 11.8. The minimum absolute atomic E-state index is 0.0238. The topological polar surface area (TPSA) is 59.8 Å². The molecule has 7 heteroatoms. The van der Waals surface area contributed by atoms with Crippen molar-refractivity contribution < 1.29 is 9.18 Å². The summed E-state index contributed by atoms with van der Waals surface area (Å²) < 4.78 is 15.8. The standard InChI is InChI=1S/C21H27FN4OS/c1-12(17-11-14-8-9-15(17)10-14)23-20(27)13(2)28-21-25-24-19(26(21)3)16-6-4-5-7-18(16)22/h4-7,12-15,17H,8-11H2,1-3H3,(H,23,27). The Bertz CT molecular complexity index is 870. The van der Waals surface area contributed by atoms with E-state index in [4.69, 9.17) is 0 Å². The second-order valence-electron chi connectivity index (χ2n) is 8.24. The first-order valence-corrected chi connectivity index (χ1v) is 10.9. The summed E-state index contributed by atoms with van der Waals surface area (Å²) in [7, 11) is 1.80. The minimum Gasteiger partial charge on any atom is -0.352 e. The number of aromatic nitrogens is 3. The molecule has 4 rings (SSSR count). The molecular formula is C21H27FN4OS. The maximum absolute atomic E-state index is 14.1. The summed E-state index contributed by atoms with van der Waals surface area (Å²) in [6.07, 6.45) is 5.28. The zero-order valence-electron chi connectivity index (χ0n) is 16.6. The number of hydrogen-bond acceptors (Lipinski definition) is 4. The van der Waals surface area contributed by atoms with Crippen molar-refractivity contribution in [3.05, 3.63) is 30.1 Å². The first-order valence-electron chi connectivity index (χ1n) is 10.1. The Kier molecular flexibility index (Phi) is 5.45. The Hall–Kier alpha value is -1.89. The first kappa shape index (κ1) is 19.4. The number of carbonyl (C=O) groups is 1. The van der Waals surface area contributed by atoms with Crippen molar-refractivity contribution in [1.82, 2.24) is 20.1 Å². The normalized spacial score (nSPS) is 25.6. The number of fused-ring (bicyclic) bond motifs is 2. The number of thioether (sulfide) groups is 1. The van der Waals surface area contributed by atoms with E-state index in [1.165, 1.54) is 43.5 Å². The van der Waals surface area contributed by atoms with Gasteiger partial charge in [0.2, 0.25) is 5.91 Å². The van der Waals surface area contributed by atoms with Crippen molar-refractivity contribution in [2.24, 2.45) is 24.8 Å². The van der Waals surface area contributed by atoms with Crippen LogP contribution in [0.4, 0.5) is 4.39 Å². The van der Waals surface area contributed by atoms with Crippen LogP contribution in [0.1, 0.15) is 39.5 Å². The van der Waals surface area contributed by atoms with Crippen molar-refractivity contribution in [2.75, 3.05) is 0 Å². The van der Waals surface area contributed by atoms with Gasteiger partial charge in [-0.05, 0) is 63.0 Å². The Labute approximate surface area is 169 Å². The van der Waals surface area contributed by atoms with Gasteiger partial charge in [-0.1, -0.05) is 30.3 Å². The Morgan fingerprint density at radius 2 is 2.04 bits per heavy atom. The molecule has 2 aliphatic carbocycles. The third-order valence-corrected chi connectivity index (χ3v) is 7.54. The van der Waals surface area contributed by atoms with E-state index in [1.807, 2.05) is 6.92 Å². The molecule has 5 unspecified atom stereocenters. The van der Waals surface area contributed by atoms with E-state index in [0.717, 1.165) is 11.8 Å². The summed E-state index contributed by atoms with van der Waals surface area (Å²) in [5.41, 5.74) is 0.409. The molecule has 1 aromatic carbocycles. The highest BCUT2D eigenvalue weighted by molar-refractivity contribution is 8.00. The number of rotatable bonds is 6. The van der Waals surface area contributed by atoms with E-state index in [2.05, 4.69) is 22.4 Å². The summed E-state index contributed by atoms with van der Waals surface area (Å²) in [4.78, 5) is 12.7. The summed E-state index contributed by atoms with van der Waals surface area (Å²) in [5.74, 6) is 2.42. The van der Waals surface area contributed by atoms with E-state index in [0.29, 0.717) is 22.5 Å². The fourth-order valence-corrected chi connectivity index (χ4v) is 5.69. The second-order valence-corrected chi connectivity index (χ2v) is 9.55. The van der Waals surface area contributed by atoms with Gasteiger partial charge in [-0.25, -0.2) is 4.39 Å². The highest BCUT2D eigenvalue weighted by Crippen LogP contribution is 2.49. The van der Waals surface area contributed by atoms with Crippen LogP contribution in [0.25, 0.3) is 11.4 Å². The van der Waals surface area contributed by atoms with E-state index in [9.17, 15) is 9.18 Å². The van der Waals surface area contributed by atoms with Gasteiger partial charge in [0.15, 0.2) is 11.0 Å². The Balaban J connectivity index is 1.39. The van der Waals surface area contributed by atoms with Crippen LogP contribution in [0.15, 0.2) is 29.4 Å². The number of halogens is 1. The molecule has 1 N–H and O–H groups in total. The van der Waals surface area contributed by atoms with E-state index < -0.39 is 0 Å². The highest BCUT2D eigenvalue weighted by Gasteiger charge is 2.42. The van der Waals surface area contributed by atoms with Crippen LogP contribution < -0.4 is 5.32 Å². The van der Waals surface area contributed by atoms with Crippen molar-refractivity contribution in [1.29, 1.82) is 0 Å². The number of carbonyl (C=O) groups excluding carboxylic acids is 1. The molecule has 2 aromatic rings. The van der Waals surface area contributed by atoms with Gasteiger partial charge in [-0.2, -0.15) is 0 Å². The molecule has 2 bridgehead atoms. The third-order valence-electron chi connectivity index (χ3n) is 6.41. The van der Waals surface area contributed by atoms with Gasteiger partial charge in [0.1, 0.15) is 5.82 Å². The molecule has 5 nitrogen and oxygen atoms in total. The van der Waals surface area contributed by atoms with E-state index >= 15 is 0 Å². The molecule has 2 fully saturated rings. The molecule has 2 saturated carbocycles. The van der Waals surface area contributed by atoms with Crippen LogP contribution in [0, 0.1) is 23.6 Å². The lowest BCUT2D eigenvalue weighted by Crippen LogP contribution is -2.43. The largest absolute Gasteiger partial charge is 0.352 e. The van der Waals surface area contributed by atoms with Gasteiger partial charge in [0.25, 0.3) is 0 Å². The Morgan fingerprint density at radius 1 is 1.25 bits per heavy atom. The average molecular weight is 403 g/mol. The van der Waals surface area contributed by atoms with E-state index in [1.54, 1.807) is 29.8 Å². The zero-order valence-corrected chi connectivity index (χ0v) is 17.4. The highest BCUT2D eigenvalue weighted by atomic mass is 32.2. The monoisotopic (exact) mass is 402 g/mol. The lowest BCUT2D eigenvalue weighted by Gasteiger charge is -2.29. The molecule has 1 amide bonds. The predicted octanol–water partition coefficient (Wildman–Crippen LogP) is 4.04. The number of nitrogens with one attached hydrogen (secondary N) is 1. The van der Waals surface area contributed by atoms with Crippen LogP contribution in [-0.4, -0.2) is 32.0 Å². The number of nitrogens with zero attached hydrogens (tertiary/aromatic N) is 3. The van der Waals surface area contributed by atoms with Crippen molar-refractivity contribution in [2.45, 2.75) is 56.0 Å². The molecule has 0 radical (unpaired) electrons. The van der Waals surface area contributed by atoms with Crippen LogP contribution in [-0.2, 0) is 11.8 Å². The second kappa shape index (κ2) is 7.85. The molecule has 5 atom stereocenters. The van der Waals surface area contributed by atoms with E-state index in [-0.39, 0.29) is 23.0 Å². The number of benzene rings is 1. The van der Waals surface area contributed by atoms with Crippen LogP contribution in [0.2, 0.25) is 0 Å². The van der Waals surface area contributed by atoms with Gasteiger partial charge < -0.3 is 9.88 Å². The summed E-state index contributed by atoms with van der Waals surface area (Å²) >= 11 is 1.35. The summed E-state index contributed by atoms with van der Waals surface area (Å²) in [6.45, 7) is 4.02. The summed E-state index contributed by atoms with van der Waals surface area (Å²) in [6, 6.07) is 6.71. The molecule has 0 saturated heterocycles. The lowest BCUT2D eigenvalue weighted by atomic mass is 9.84. The molecule has 0 aliphatic heterocycles. The van der Waals surface area contributed by atoms with Crippen LogP contribution in [0.5, 0.6) is 0 Å². The van der Waals surface area contributed by atoms with Gasteiger partial charge in [-0.3, -0.25) is 4.79 Å². The number of amides is 1. The van der Waals surface area contributed by atoms with Crippen LogP contribution in [0.3, 0.4) is 0 Å². The van der Waals surface area contributed by atoms with Gasteiger partial charge in [-0.15, -0.1) is 10.2 Å². The SMILES string of the molecule is CC(Sc1nnc(-c2ccccc2F)n1C)C(=O)NC(C)C1CC2CCC1C2. The minimum atomic E-state index is -0.333. The van der Waals surface area contributed by atoms with Crippen molar-refractivity contribution in [3.8, 4) is 11.4 Å². The maximum atomic E-state index is 14.1. The molecule has 1 aromatic heterocycles. The molecule has 150 valence electrons. The molecular weight excluding hydrogens is 375 g/mol. The number of hydrogen-bond donors (Lipinski definition) is 1. The van der Waals surface area contributed by atoms with Gasteiger partial charge in [0.05, 0.1) is 10.8 Å². The average Bonchev–Trinajstić information content (AvgIpc) is 3.39. The van der Waals surface area contributed by atoms with Crippen molar-refractivity contribution in [3.63, 3.8) is 0 Å². The fraction of sp³-hybridized carbons (Fsp3) is 0.571. The van der Waals surface area contributed by atoms with Crippen LogP contribution >= 0.6 is 11.8 Å². The molecule has 28 heavy (non-hydrogen) atoms. The van der Waals surface area contributed by atoms with Gasteiger partial charge >= 0.3 is 0 Å². The maximum Gasteiger partial charge on any atom is 0.233 e. The lowest BCUT2D eigenvalue weighted by molar-refractivity contribution is -0.121. The molecule has 1 heterocycles. The first-order chi connectivity index (χ1) is 13.4. The predicted molar refractivity (Wildman–Crippen MR) is 108 cm³/mol. The molecule has 0 spiro atoms. The fourth-order valence-electron chi connectivity index (χ4n) is 4.86. The Morgan fingerprint density at radius 3 is 2.71 bits per heavy atom. The molecule has 2 aliphatic rings. The smallest absolute Gasteiger partial charge is 0.233 e. The quantitative estimate of drug-likeness (QED) is 0.741. The van der Waals surface area contributed by atoms with Crippen molar-refractivity contribution >= 4 is 17.7 Å². The van der Waals surface area contributed by atoms with Gasteiger partial charge in [0, 0.05) is 13.1 Å². The third kappa shape index (κ3) is 3.69.